The predicted octanol–water partition coefficient (Wildman–Crippen LogP) is 5.08. The van der Waals surface area contributed by atoms with E-state index in [9.17, 15) is 0 Å². The molecule has 1 N–H and O–H groups in total. The average molecular weight is 306 g/mol. The van der Waals surface area contributed by atoms with Crippen LogP contribution in [0.25, 0.3) is 0 Å². The molecule has 0 aliphatic heterocycles. The Morgan fingerprint density at radius 2 is 2.00 bits per heavy atom. The van der Waals surface area contributed by atoms with Crippen molar-refractivity contribution in [3.8, 4) is 0 Å². The first kappa shape index (κ1) is 15.4. The summed E-state index contributed by atoms with van der Waals surface area (Å²) in [6, 6.07) is 9.31. The van der Waals surface area contributed by atoms with Crippen LogP contribution in [-0.2, 0) is 6.42 Å². The standard InChI is InChI=1S/C19H28ClN/c1-13(11-14-7-5-6-8-16(14)20)21-17-18(2,3)15-9-10-19(17,4)12-15/h5-8,13,15,17,21H,9-12H2,1-4H3/t13?,15-,17?,19+/m0/s1. The summed E-state index contributed by atoms with van der Waals surface area (Å²) in [4.78, 5) is 0. The normalized spacial score (nSPS) is 35.1. The lowest BCUT2D eigenvalue weighted by molar-refractivity contribution is 0.100. The van der Waals surface area contributed by atoms with Crippen LogP contribution in [0.15, 0.2) is 24.3 Å². The first-order valence-corrected chi connectivity index (χ1v) is 8.70. The number of benzene rings is 1. The number of hydrogen-bond acceptors (Lipinski definition) is 1. The molecule has 0 heterocycles. The lowest BCUT2D eigenvalue weighted by atomic mass is 9.68. The maximum Gasteiger partial charge on any atom is 0.0438 e. The number of rotatable bonds is 4. The molecule has 0 spiro atoms. The highest BCUT2D eigenvalue weighted by Gasteiger charge is 2.59. The van der Waals surface area contributed by atoms with Crippen molar-refractivity contribution >= 4 is 11.6 Å². The summed E-state index contributed by atoms with van der Waals surface area (Å²) in [5.41, 5.74) is 2.16. The molecule has 0 saturated heterocycles. The van der Waals surface area contributed by atoms with Gasteiger partial charge in [-0.15, -0.1) is 0 Å². The van der Waals surface area contributed by atoms with Gasteiger partial charge in [-0.05, 0) is 61.0 Å². The largest absolute Gasteiger partial charge is 0.310 e. The molecule has 2 saturated carbocycles. The Balaban J connectivity index is 1.70. The molecule has 2 aliphatic rings. The van der Waals surface area contributed by atoms with E-state index in [4.69, 9.17) is 11.6 Å². The van der Waals surface area contributed by atoms with E-state index in [2.05, 4.69) is 45.1 Å². The molecule has 0 amide bonds. The van der Waals surface area contributed by atoms with E-state index in [1.807, 2.05) is 12.1 Å². The molecule has 2 aliphatic carbocycles. The third-order valence-electron chi connectivity index (χ3n) is 6.20. The van der Waals surface area contributed by atoms with Crippen LogP contribution in [0.4, 0.5) is 0 Å². The number of halogens is 1. The Morgan fingerprint density at radius 1 is 1.29 bits per heavy atom. The van der Waals surface area contributed by atoms with Gasteiger partial charge in [-0.3, -0.25) is 0 Å². The Morgan fingerprint density at radius 3 is 2.62 bits per heavy atom. The van der Waals surface area contributed by atoms with Crippen molar-refractivity contribution in [3.63, 3.8) is 0 Å². The lowest BCUT2D eigenvalue weighted by Crippen LogP contribution is -2.53. The van der Waals surface area contributed by atoms with Gasteiger partial charge in [0.2, 0.25) is 0 Å². The van der Waals surface area contributed by atoms with Crippen molar-refractivity contribution in [2.75, 3.05) is 0 Å². The van der Waals surface area contributed by atoms with Gasteiger partial charge in [0.25, 0.3) is 0 Å². The van der Waals surface area contributed by atoms with Crippen molar-refractivity contribution in [1.29, 1.82) is 0 Å². The van der Waals surface area contributed by atoms with E-state index in [1.165, 1.54) is 24.8 Å². The highest BCUT2D eigenvalue weighted by atomic mass is 35.5. The fraction of sp³-hybridized carbons (Fsp3) is 0.684. The Labute approximate surface area is 134 Å². The van der Waals surface area contributed by atoms with Gasteiger partial charge in [0.05, 0.1) is 0 Å². The van der Waals surface area contributed by atoms with Crippen LogP contribution < -0.4 is 5.32 Å². The van der Waals surface area contributed by atoms with Crippen molar-refractivity contribution in [2.24, 2.45) is 16.7 Å². The molecule has 0 radical (unpaired) electrons. The van der Waals surface area contributed by atoms with Crippen molar-refractivity contribution in [1.82, 2.24) is 5.32 Å². The van der Waals surface area contributed by atoms with Crippen LogP contribution in [-0.4, -0.2) is 12.1 Å². The summed E-state index contributed by atoms with van der Waals surface area (Å²) >= 11 is 6.30. The lowest BCUT2D eigenvalue weighted by Gasteiger charge is -2.44. The van der Waals surface area contributed by atoms with Crippen LogP contribution in [0, 0.1) is 16.7 Å². The molecule has 21 heavy (non-hydrogen) atoms. The van der Waals surface area contributed by atoms with Gasteiger partial charge >= 0.3 is 0 Å². The smallest absolute Gasteiger partial charge is 0.0438 e. The second-order valence-electron chi connectivity index (χ2n) is 8.21. The van der Waals surface area contributed by atoms with Gasteiger partial charge in [-0.25, -0.2) is 0 Å². The van der Waals surface area contributed by atoms with E-state index >= 15 is 0 Å². The highest BCUT2D eigenvalue weighted by Crippen LogP contribution is 2.62. The molecule has 2 fully saturated rings. The zero-order valence-corrected chi connectivity index (χ0v) is 14.5. The van der Waals surface area contributed by atoms with E-state index in [-0.39, 0.29) is 0 Å². The molecule has 116 valence electrons. The monoisotopic (exact) mass is 305 g/mol. The van der Waals surface area contributed by atoms with Gasteiger partial charge in [-0.2, -0.15) is 0 Å². The fourth-order valence-corrected chi connectivity index (χ4v) is 5.27. The zero-order chi connectivity index (χ0) is 15.3. The van der Waals surface area contributed by atoms with Crippen molar-refractivity contribution in [2.45, 2.75) is 65.5 Å². The summed E-state index contributed by atoms with van der Waals surface area (Å²) in [7, 11) is 0. The molecule has 0 aromatic heterocycles. The van der Waals surface area contributed by atoms with Gasteiger partial charge in [0.15, 0.2) is 0 Å². The fourth-order valence-electron chi connectivity index (χ4n) is 5.06. The molecule has 4 atom stereocenters. The first-order chi connectivity index (χ1) is 9.83. The second kappa shape index (κ2) is 5.28. The zero-order valence-electron chi connectivity index (χ0n) is 13.7. The van der Waals surface area contributed by atoms with E-state index in [0.717, 1.165) is 17.4 Å². The van der Waals surface area contributed by atoms with Crippen LogP contribution in [0.1, 0.15) is 52.5 Å². The van der Waals surface area contributed by atoms with Crippen LogP contribution in [0.3, 0.4) is 0 Å². The number of nitrogens with one attached hydrogen (secondary N) is 1. The van der Waals surface area contributed by atoms with Crippen LogP contribution >= 0.6 is 11.6 Å². The molecule has 3 rings (SSSR count). The minimum atomic E-state index is 0.418. The molecule has 1 aromatic carbocycles. The molecule has 2 bridgehead atoms. The average Bonchev–Trinajstić information content (AvgIpc) is 2.89. The minimum Gasteiger partial charge on any atom is -0.310 e. The SMILES string of the molecule is CC(Cc1ccccc1Cl)NC1C(C)(C)[C@H]2CC[C@]1(C)C2. The van der Waals surface area contributed by atoms with Crippen molar-refractivity contribution < 1.29 is 0 Å². The Kier molecular flexibility index (Phi) is 3.86. The maximum absolute atomic E-state index is 6.30. The molecule has 2 heteroatoms. The molecule has 2 unspecified atom stereocenters. The Hall–Kier alpha value is -0.530. The first-order valence-electron chi connectivity index (χ1n) is 8.32. The summed E-state index contributed by atoms with van der Waals surface area (Å²) in [5.74, 6) is 0.896. The third kappa shape index (κ3) is 2.64. The topological polar surface area (TPSA) is 12.0 Å². The maximum atomic E-state index is 6.30. The van der Waals surface area contributed by atoms with Gasteiger partial charge in [0, 0.05) is 17.1 Å². The van der Waals surface area contributed by atoms with Crippen molar-refractivity contribution in [3.05, 3.63) is 34.9 Å². The van der Waals surface area contributed by atoms with Gasteiger partial charge in [0.1, 0.15) is 0 Å². The Bertz CT molecular complexity index is 519. The summed E-state index contributed by atoms with van der Waals surface area (Å²) in [6.45, 7) is 9.71. The molecular weight excluding hydrogens is 278 g/mol. The number of hydrogen-bond donors (Lipinski definition) is 1. The van der Waals surface area contributed by atoms with E-state index in [0.29, 0.717) is 22.9 Å². The third-order valence-corrected chi connectivity index (χ3v) is 6.57. The van der Waals surface area contributed by atoms with Crippen LogP contribution in [0.5, 0.6) is 0 Å². The molecular formula is C19H28ClN. The van der Waals surface area contributed by atoms with Crippen LogP contribution in [0.2, 0.25) is 5.02 Å². The van der Waals surface area contributed by atoms with Gasteiger partial charge < -0.3 is 5.32 Å². The molecule has 1 nitrogen and oxygen atoms in total. The van der Waals surface area contributed by atoms with E-state index < -0.39 is 0 Å². The van der Waals surface area contributed by atoms with Gasteiger partial charge in [-0.1, -0.05) is 50.6 Å². The second-order valence-corrected chi connectivity index (χ2v) is 8.62. The summed E-state index contributed by atoms with van der Waals surface area (Å²) in [6.07, 6.45) is 5.21. The highest BCUT2D eigenvalue weighted by molar-refractivity contribution is 6.31. The predicted molar refractivity (Wildman–Crippen MR) is 90.8 cm³/mol. The van der Waals surface area contributed by atoms with E-state index in [1.54, 1.807) is 0 Å². The quantitative estimate of drug-likeness (QED) is 0.818. The minimum absolute atomic E-state index is 0.418. The number of fused-ring (bicyclic) bond motifs is 2. The summed E-state index contributed by atoms with van der Waals surface area (Å²) < 4.78 is 0. The summed E-state index contributed by atoms with van der Waals surface area (Å²) in [5, 5.41) is 4.85. The molecule has 1 aromatic rings.